The molecule has 0 spiro atoms. The van der Waals surface area contributed by atoms with Gasteiger partial charge >= 0.3 is 0 Å². The number of hydrogen-bond acceptors (Lipinski definition) is 5. The van der Waals surface area contributed by atoms with Crippen molar-refractivity contribution in [1.29, 1.82) is 15.8 Å². The van der Waals surface area contributed by atoms with Crippen LogP contribution >= 0.6 is 0 Å². The van der Waals surface area contributed by atoms with Gasteiger partial charge in [0, 0.05) is 39.7 Å². The van der Waals surface area contributed by atoms with Gasteiger partial charge < -0.3 is 9.80 Å². The van der Waals surface area contributed by atoms with Crippen LogP contribution < -0.4 is 26.2 Å². The minimum atomic E-state index is -0.236. The van der Waals surface area contributed by atoms with Gasteiger partial charge in [-0.1, -0.05) is 115 Å². The predicted octanol–water partition coefficient (Wildman–Crippen LogP) is 11.6. The standard InChI is InChI=1S/C54H29BN6/c1-59-45-20-36(33-58)23-47(30-45)61-51-27-43-14-8-6-12-41(43)25-49(51)55-48-24-40-11-5-7-13-42(40)26-50(48)60(46-21-34(31-56)19-35(22-46)32-57)52-28-44(29-53(61)54(52)55)39-17-15-38(16-18-39)37-9-3-2-4-10-37/h2-30H. The van der Waals surface area contributed by atoms with Crippen LogP contribution in [0.1, 0.15) is 16.7 Å². The van der Waals surface area contributed by atoms with Crippen LogP contribution in [0.2, 0.25) is 0 Å². The molecule has 0 fully saturated rings. The molecule has 0 N–H and O–H groups in total. The van der Waals surface area contributed by atoms with Crippen molar-refractivity contribution in [2.75, 3.05) is 9.80 Å². The molecule has 2 aliphatic heterocycles. The molecule has 0 saturated heterocycles. The van der Waals surface area contributed by atoms with Crippen LogP contribution in [-0.2, 0) is 0 Å². The lowest BCUT2D eigenvalue weighted by Crippen LogP contribution is -2.61. The van der Waals surface area contributed by atoms with Gasteiger partial charge in [0.25, 0.3) is 6.71 Å². The molecule has 11 rings (SSSR count). The van der Waals surface area contributed by atoms with Crippen LogP contribution in [0.25, 0.3) is 48.6 Å². The Morgan fingerprint density at radius 3 is 1.33 bits per heavy atom. The molecule has 0 aliphatic carbocycles. The summed E-state index contributed by atoms with van der Waals surface area (Å²) in [6.45, 7) is 7.80. The summed E-state index contributed by atoms with van der Waals surface area (Å²) in [5, 5.41) is 35.1. The third-order valence-corrected chi connectivity index (χ3v) is 12.0. The molecule has 61 heavy (non-hydrogen) atoms. The zero-order valence-electron chi connectivity index (χ0n) is 32.5. The molecule has 0 amide bonds. The second-order valence-electron chi connectivity index (χ2n) is 15.4. The van der Waals surface area contributed by atoms with E-state index in [2.05, 4.69) is 142 Å². The smallest absolute Gasteiger partial charge is 0.252 e. The summed E-state index contributed by atoms with van der Waals surface area (Å²) >= 11 is 0. The maximum absolute atomic E-state index is 10.3. The summed E-state index contributed by atoms with van der Waals surface area (Å²) in [6, 6.07) is 66.7. The van der Waals surface area contributed by atoms with Crippen LogP contribution in [0.15, 0.2) is 176 Å². The van der Waals surface area contributed by atoms with E-state index in [9.17, 15) is 15.8 Å². The highest BCUT2D eigenvalue weighted by atomic mass is 15.2. The highest BCUT2D eigenvalue weighted by Gasteiger charge is 2.44. The maximum atomic E-state index is 10.3. The first kappa shape index (κ1) is 35.3. The van der Waals surface area contributed by atoms with Crippen molar-refractivity contribution in [3.8, 4) is 40.5 Å². The van der Waals surface area contributed by atoms with E-state index in [1.54, 1.807) is 12.1 Å². The van der Waals surface area contributed by atoms with Crippen LogP contribution in [0.3, 0.4) is 0 Å². The molecule has 2 aliphatic rings. The number of fused-ring (bicyclic) bond motifs is 6. The van der Waals surface area contributed by atoms with E-state index in [4.69, 9.17) is 6.57 Å². The largest absolute Gasteiger partial charge is 0.313 e. The molecule has 0 saturated carbocycles. The zero-order valence-corrected chi connectivity index (χ0v) is 32.5. The number of nitrogens with zero attached hydrogens (tertiary/aromatic N) is 6. The fourth-order valence-electron chi connectivity index (χ4n) is 9.30. The number of benzene rings is 9. The summed E-state index contributed by atoms with van der Waals surface area (Å²) in [7, 11) is 0. The van der Waals surface area contributed by atoms with Crippen molar-refractivity contribution in [2.45, 2.75) is 0 Å². The molecule has 0 radical (unpaired) electrons. The Bertz CT molecular complexity index is 3240. The van der Waals surface area contributed by atoms with E-state index in [1.165, 1.54) is 0 Å². The van der Waals surface area contributed by atoms with Crippen LogP contribution in [0, 0.1) is 40.6 Å². The van der Waals surface area contributed by atoms with Gasteiger partial charge in [0.05, 0.1) is 35.9 Å². The quantitative estimate of drug-likeness (QED) is 0.131. The SMILES string of the molecule is [C-]#[N+]c1cc(C#N)cc(N2c3cc4ccccc4cc3B3c4cc5ccccc5cc4N(c4cc(C#N)cc(C#N)c4)c4cc(-c5ccc(-c6ccccc6)cc5)cc2c43)c1. The fraction of sp³-hybridized carbons (Fsp3) is 0. The Morgan fingerprint density at radius 2 is 0.836 bits per heavy atom. The molecule has 0 unspecified atom stereocenters. The summed E-state index contributed by atoms with van der Waals surface area (Å²) in [6.07, 6.45) is 0. The molecule has 9 aromatic carbocycles. The van der Waals surface area contributed by atoms with Crippen molar-refractivity contribution < 1.29 is 0 Å². The maximum Gasteiger partial charge on any atom is 0.252 e. The summed E-state index contributed by atoms with van der Waals surface area (Å²) in [5.41, 5.74) is 14.0. The molecule has 9 aromatic rings. The van der Waals surface area contributed by atoms with Gasteiger partial charge in [-0.25, -0.2) is 4.85 Å². The Labute approximate surface area is 353 Å². The van der Waals surface area contributed by atoms with E-state index in [-0.39, 0.29) is 6.71 Å². The Kier molecular flexibility index (Phi) is 8.04. The van der Waals surface area contributed by atoms with Crippen molar-refractivity contribution >= 4 is 84.5 Å². The normalized spacial score (nSPS) is 12.1. The molecule has 278 valence electrons. The Hall–Kier alpha value is -8.88. The van der Waals surface area contributed by atoms with Crippen molar-refractivity contribution in [3.63, 3.8) is 0 Å². The van der Waals surface area contributed by atoms with Gasteiger partial charge in [-0.3, -0.25) is 0 Å². The summed E-state index contributed by atoms with van der Waals surface area (Å²) in [4.78, 5) is 8.23. The van der Waals surface area contributed by atoms with E-state index in [0.29, 0.717) is 33.8 Å². The van der Waals surface area contributed by atoms with Crippen LogP contribution in [0.4, 0.5) is 39.8 Å². The average Bonchev–Trinajstić information content (AvgIpc) is 3.32. The van der Waals surface area contributed by atoms with Crippen molar-refractivity contribution in [1.82, 2.24) is 0 Å². The van der Waals surface area contributed by atoms with Gasteiger partial charge in [0.15, 0.2) is 5.69 Å². The third-order valence-electron chi connectivity index (χ3n) is 12.0. The van der Waals surface area contributed by atoms with Gasteiger partial charge in [0.1, 0.15) is 0 Å². The highest BCUT2D eigenvalue weighted by Crippen LogP contribution is 2.48. The van der Waals surface area contributed by atoms with Crippen LogP contribution in [0.5, 0.6) is 0 Å². The van der Waals surface area contributed by atoms with E-state index >= 15 is 0 Å². The van der Waals surface area contributed by atoms with E-state index in [0.717, 1.165) is 82.9 Å². The zero-order chi connectivity index (χ0) is 41.2. The highest BCUT2D eigenvalue weighted by molar-refractivity contribution is 7.00. The number of nitriles is 3. The molecule has 2 heterocycles. The van der Waals surface area contributed by atoms with Gasteiger partial charge in [-0.2, -0.15) is 15.8 Å². The molecule has 6 nitrogen and oxygen atoms in total. The second kappa shape index (κ2) is 13.9. The second-order valence-corrected chi connectivity index (χ2v) is 15.4. The van der Waals surface area contributed by atoms with E-state index < -0.39 is 0 Å². The third kappa shape index (κ3) is 5.70. The first-order valence-electron chi connectivity index (χ1n) is 19.9. The predicted molar refractivity (Wildman–Crippen MR) is 247 cm³/mol. The van der Waals surface area contributed by atoms with Gasteiger partial charge in [0.2, 0.25) is 0 Å². The minimum absolute atomic E-state index is 0.236. The lowest BCUT2D eigenvalue weighted by Gasteiger charge is -2.45. The molecular weight excluding hydrogens is 743 g/mol. The number of hydrogen-bond donors (Lipinski definition) is 0. The summed E-state index contributed by atoms with van der Waals surface area (Å²) < 4.78 is 0. The van der Waals surface area contributed by atoms with Crippen LogP contribution in [-0.4, -0.2) is 6.71 Å². The minimum Gasteiger partial charge on any atom is -0.313 e. The van der Waals surface area contributed by atoms with Crippen molar-refractivity contribution in [3.05, 3.63) is 204 Å². The monoisotopic (exact) mass is 772 g/mol. The first-order chi connectivity index (χ1) is 30.0. The average molecular weight is 773 g/mol. The first-order valence-corrected chi connectivity index (χ1v) is 19.9. The molecule has 7 heteroatoms. The number of anilines is 6. The number of rotatable bonds is 4. The van der Waals surface area contributed by atoms with E-state index in [1.807, 2.05) is 54.6 Å². The van der Waals surface area contributed by atoms with Gasteiger partial charge in [-0.05, 0) is 121 Å². The van der Waals surface area contributed by atoms with Gasteiger partial charge in [-0.15, -0.1) is 0 Å². The lowest BCUT2D eigenvalue weighted by molar-refractivity contribution is 1.25. The Morgan fingerprint density at radius 1 is 0.410 bits per heavy atom. The molecular formula is C54H29BN6. The topological polar surface area (TPSA) is 82.2 Å². The Balaban J connectivity index is 1.29. The lowest BCUT2D eigenvalue weighted by atomic mass is 9.33. The fourth-order valence-corrected chi connectivity index (χ4v) is 9.30. The molecule has 0 bridgehead atoms. The summed E-state index contributed by atoms with van der Waals surface area (Å²) in [5.74, 6) is 0. The molecule has 0 atom stereocenters. The molecule has 0 aromatic heterocycles. The van der Waals surface area contributed by atoms with Crippen molar-refractivity contribution in [2.24, 2.45) is 0 Å².